The maximum atomic E-state index is 12.7. The Morgan fingerprint density at radius 1 is 1.03 bits per heavy atom. The van der Waals surface area contributed by atoms with E-state index < -0.39 is 0 Å². The predicted molar refractivity (Wildman–Crippen MR) is 127 cm³/mol. The molecule has 1 N–H and O–H groups in total. The van der Waals surface area contributed by atoms with Crippen molar-refractivity contribution in [3.05, 3.63) is 20.8 Å². The van der Waals surface area contributed by atoms with E-state index in [1.807, 2.05) is 15.9 Å². The van der Waals surface area contributed by atoms with Crippen LogP contribution in [-0.2, 0) is 9.59 Å². The lowest BCUT2D eigenvalue weighted by Gasteiger charge is -2.35. The van der Waals surface area contributed by atoms with E-state index in [9.17, 15) is 14.4 Å². The Kier molecular flexibility index (Phi) is 7.68. The van der Waals surface area contributed by atoms with Gasteiger partial charge in [-0.25, -0.2) is 0 Å². The highest BCUT2D eigenvalue weighted by molar-refractivity contribution is 9.11. The molecule has 1 aromatic heterocycles. The molecule has 1 unspecified atom stereocenters. The number of carbonyl (C=O) groups excluding carboxylic acids is 3. The molecule has 168 valence electrons. The number of hydrogen-bond acceptors (Lipinski definition) is 7. The molecule has 4 heterocycles. The van der Waals surface area contributed by atoms with E-state index in [0.717, 1.165) is 42.8 Å². The third-order valence-corrected chi connectivity index (χ3v) is 8.34. The predicted octanol–water partition coefficient (Wildman–Crippen LogP) is 1.87. The van der Waals surface area contributed by atoms with Gasteiger partial charge in [-0.2, -0.15) is 0 Å². The largest absolute Gasteiger partial charge is 0.342 e. The van der Waals surface area contributed by atoms with Crippen LogP contribution >= 0.6 is 39.0 Å². The van der Waals surface area contributed by atoms with E-state index >= 15 is 0 Å². The Labute approximate surface area is 198 Å². The summed E-state index contributed by atoms with van der Waals surface area (Å²) in [6.07, 6.45) is 2.56. The minimum atomic E-state index is -0.173. The maximum Gasteiger partial charge on any atom is 0.267 e. The van der Waals surface area contributed by atoms with Crippen molar-refractivity contribution in [1.82, 2.24) is 20.0 Å². The van der Waals surface area contributed by atoms with Crippen molar-refractivity contribution in [3.63, 3.8) is 0 Å². The van der Waals surface area contributed by atoms with Crippen LogP contribution in [-0.4, -0.2) is 95.2 Å². The fourth-order valence-corrected chi connectivity index (χ4v) is 6.14. The monoisotopic (exact) mass is 527 g/mol. The number of amides is 3. The summed E-state index contributed by atoms with van der Waals surface area (Å²) in [6, 6.07) is 3.49. The fourth-order valence-electron chi connectivity index (χ4n) is 3.93. The van der Waals surface area contributed by atoms with Crippen LogP contribution in [0.5, 0.6) is 0 Å². The number of piperazine rings is 1. The number of likely N-dealkylation sites (tertiary alicyclic amines) is 1. The summed E-state index contributed by atoms with van der Waals surface area (Å²) in [6.45, 7) is 4.96. The van der Waals surface area contributed by atoms with Gasteiger partial charge in [0.15, 0.2) is 5.17 Å². The van der Waals surface area contributed by atoms with Crippen LogP contribution in [0, 0.1) is 0 Å². The van der Waals surface area contributed by atoms with E-state index in [1.165, 1.54) is 23.1 Å². The number of rotatable bonds is 5. The van der Waals surface area contributed by atoms with Crippen LogP contribution in [0.1, 0.15) is 28.9 Å². The Morgan fingerprint density at radius 2 is 1.74 bits per heavy atom. The molecule has 1 atom stereocenters. The first kappa shape index (κ1) is 22.8. The Morgan fingerprint density at radius 3 is 2.42 bits per heavy atom. The molecule has 0 saturated carbocycles. The smallest absolute Gasteiger partial charge is 0.267 e. The number of halogens is 1. The molecule has 31 heavy (non-hydrogen) atoms. The van der Waals surface area contributed by atoms with Gasteiger partial charge in [-0.1, -0.05) is 11.8 Å². The first-order chi connectivity index (χ1) is 15.0. The number of thiophene rings is 1. The van der Waals surface area contributed by atoms with Crippen molar-refractivity contribution < 1.29 is 14.4 Å². The van der Waals surface area contributed by atoms with Crippen molar-refractivity contribution in [3.8, 4) is 0 Å². The van der Waals surface area contributed by atoms with Crippen LogP contribution in [0.4, 0.5) is 0 Å². The van der Waals surface area contributed by atoms with Crippen molar-refractivity contribution in [2.45, 2.75) is 25.3 Å². The molecule has 11 heteroatoms. The SMILES string of the molecule is O=C(NC1=NC(CC(=O)N2CCN(CC(=O)N3CCCC3)CC2)CS1)c1ccc(Br)s1. The Bertz CT molecular complexity index is 863. The second-order valence-corrected chi connectivity index (χ2v) is 11.4. The average Bonchev–Trinajstić information content (AvgIpc) is 3.51. The zero-order chi connectivity index (χ0) is 21.8. The van der Waals surface area contributed by atoms with Gasteiger partial charge in [0.05, 0.1) is 27.7 Å². The van der Waals surface area contributed by atoms with E-state index in [2.05, 4.69) is 31.1 Å². The van der Waals surface area contributed by atoms with Gasteiger partial charge in [0, 0.05) is 45.0 Å². The number of thioether (sulfide) groups is 1. The normalized spacial score (nSPS) is 22.0. The zero-order valence-electron chi connectivity index (χ0n) is 17.2. The summed E-state index contributed by atoms with van der Waals surface area (Å²) in [7, 11) is 0. The topological polar surface area (TPSA) is 85.3 Å². The zero-order valence-corrected chi connectivity index (χ0v) is 20.4. The van der Waals surface area contributed by atoms with E-state index in [1.54, 1.807) is 6.07 Å². The van der Waals surface area contributed by atoms with E-state index in [-0.39, 0.29) is 23.8 Å². The lowest BCUT2D eigenvalue weighted by Crippen LogP contribution is -2.51. The number of nitrogens with zero attached hydrogens (tertiary/aromatic N) is 4. The number of aliphatic imine (C=N–C) groups is 1. The summed E-state index contributed by atoms with van der Waals surface area (Å²) in [5.41, 5.74) is 0. The molecule has 0 spiro atoms. The lowest BCUT2D eigenvalue weighted by atomic mass is 10.2. The summed E-state index contributed by atoms with van der Waals surface area (Å²) in [5.74, 6) is 0.821. The fraction of sp³-hybridized carbons (Fsp3) is 0.600. The molecule has 0 aliphatic carbocycles. The molecule has 3 amide bonds. The number of nitrogens with one attached hydrogen (secondary N) is 1. The van der Waals surface area contributed by atoms with E-state index in [4.69, 9.17) is 0 Å². The molecule has 2 fully saturated rings. The molecule has 0 bridgehead atoms. The third kappa shape index (κ3) is 6.09. The van der Waals surface area contributed by atoms with Crippen LogP contribution in [0.3, 0.4) is 0 Å². The second kappa shape index (κ2) is 10.5. The standard InChI is InChI=1S/C20H26BrN5O3S2/c21-16-4-3-15(31-16)19(29)23-20-22-14(13-30-20)11-17(27)26-9-7-24(8-10-26)12-18(28)25-5-1-2-6-25/h3-4,14H,1-2,5-13H2,(H,22,23,29). The molecule has 3 aliphatic heterocycles. The number of hydrogen-bond donors (Lipinski definition) is 1. The van der Waals surface area contributed by atoms with Crippen LogP contribution in [0.2, 0.25) is 0 Å². The first-order valence-corrected chi connectivity index (χ1v) is 13.1. The molecule has 0 aromatic carbocycles. The van der Waals surface area contributed by atoms with Crippen molar-refractivity contribution in [2.75, 3.05) is 51.6 Å². The highest BCUT2D eigenvalue weighted by Gasteiger charge is 2.28. The minimum Gasteiger partial charge on any atom is -0.342 e. The number of amidine groups is 1. The van der Waals surface area contributed by atoms with Gasteiger partial charge in [0.1, 0.15) is 0 Å². The summed E-state index contributed by atoms with van der Waals surface area (Å²) in [5, 5.41) is 3.42. The quantitative estimate of drug-likeness (QED) is 0.631. The highest BCUT2D eigenvalue weighted by atomic mass is 79.9. The summed E-state index contributed by atoms with van der Waals surface area (Å²) < 4.78 is 0.905. The van der Waals surface area contributed by atoms with Crippen molar-refractivity contribution in [1.29, 1.82) is 0 Å². The molecule has 2 saturated heterocycles. The van der Waals surface area contributed by atoms with Gasteiger partial charge in [-0.15, -0.1) is 11.3 Å². The lowest BCUT2D eigenvalue weighted by molar-refractivity contribution is -0.134. The highest BCUT2D eigenvalue weighted by Crippen LogP contribution is 2.24. The Balaban J connectivity index is 1.19. The molecule has 1 aromatic rings. The van der Waals surface area contributed by atoms with Crippen LogP contribution in [0.25, 0.3) is 0 Å². The minimum absolute atomic E-state index is 0.0923. The van der Waals surface area contributed by atoms with Crippen molar-refractivity contribution in [2.24, 2.45) is 4.99 Å². The van der Waals surface area contributed by atoms with Gasteiger partial charge in [0.2, 0.25) is 11.8 Å². The average molecular weight is 528 g/mol. The molecule has 8 nitrogen and oxygen atoms in total. The number of carbonyl (C=O) groups is 3. The van der Waals surface area contributed by atoms with Crippen molar-refractivity contribution >= 4 is 61.9 Å². The van der Waals surface area contributed by atoms with Gasteiger partial charge < -0.3 is 15.1 Å². The first-order valence-electron chi connectivity index (χ1n) is 10.5. The van der Waals surface area contributed by atoms with Gasteiger partial charge in [-0.3, -0.25) is 24.3 Å². The van der Waals surface area contributed by atoms with Gasteiger partial charge >= 0.3 is 0 Å². The molecule has 0 radical (unpaired) electrons. The molecule has 4 rings (SSSR count). The van der Waals surface area contributed by atoms with Crippen LogP contribution in [0.15, 0.2) is 20.9 Å². The van der Waals surface area contributed by atoms with Crippen LogP contribution < -0.4 is 5.32 Å². The maximum absolute atomic E-state index is 12.7. The van der Waals surface area contributed by atoms with Gasteiger partial charge in [-0.05, 0) is 40.9 Å². The summed E-state index contributed by atoms with van der Waals surface area (Å²) in [4.78, 5) is 48.4. The molecular formula is C20H26BrN5O3S2. The van der Waals surface area contributed by atoms with E-state index in [0.29, 0.717) is 41.9 Å². The Hall–Kier alpha value is -1.43. The molecule has 3 aliphatic rings. The third-order valence-electron chi connectivity index (χ3n) is 5.68. The molecular weight excluding hydrogens is 502 g/mol. The second-order valence-electron chi connectivity index (χ2n) is 7.91. The van der Waals surface area contributed by atoms with Gasteiger partial charge in [0.25, 0.3) is 5.91 Å². The summed E-state index contributed by atoms with van der Waals surface area (Å²) >= 11 is 6.21.